The lowest BCUT2D eigenvalue weighted by Crippen LogP contribution is -2.33. The number of nitrogens with zero attached hydrogens (tertiary/aromatic N) is 1. The SMILES string of the molecule is COc1cccc(N2CC(C(=O)NCCCOCc3ccccc3)CC2=O)c1. The molecule has 0 bridgehead atoms. The highest BCUT2D eigenvalue weighted by atomic mass is 16.5. The predicted molar refractivity (Wildman–Crippen MR) is 107 cm³/mol. The van der Waals surface area contributed by atoms with Crippen molar-refractivity contribution in [3.63, 3.8) is 0 Å². The van der Waals surface area contributed by atoms with Crippen molar-refractivity contribution in [2.75, 3.05) is 31.7 Å². The van der Waals surface area contributed by atoms with Gasteiger partial charge in [-0.2, -0.15) is 0 Å². The van der Waals surface area contributed by atoms with E-state index in [1.807, 2.05) is 54.6 Å². The topological polar surface area (TPSA) is 67.9 Å². The van der Waals surface area contributed by atoms with Gasteiger partial charge in [-0.1, -0.05) is 36.4 Å². The van der Waals surface area contributed by atoms with E-state index in [1.54, 1.807) is 12.0 Å². The molecule has 0 saturated carbocycles. The second kappa shape index (κ2) is 9.90. The van der Waals surface area contributed by atoms with Crippen LogP contribution < -0.4 is 15.0 Å². The quantitative estimate of drug-likeness (QED) is 0.677. The number of nitrogens with one attached hydrogen (secondary N) is 1. The highest BCUT2D eigenvalue weighted by molar-refractivity contribution is 6.00. The highest BCUT2D eigenvalue weighted by Crippen LogP contribution is 2.27. The minimum Gasteiger partial charge on any atom is -0.497 e. The van der Waals surface area contributed by atoms with Crippen molar-refractivity contribution in [2.45, 2.75) is 19.4 Å². The van der Waals surface area contributed by atoms with Crippen molar-refractivity contribution in [2.24, 2.45) is 5.92 Å². The Bertz CT molecular complexity index is 794. The van der Waals surface area contributed by atoms with Crippen LogP contribution in [0.15, 0.2) is 54.6 Å². The molecule has 0 spiro atoms. The van der Waals surface area contributed by atoms with E-state index in [4.69, 9.17) is 9.47 Å². The lowest BCUT2D eigenvalue weighted by atomic mass is 10.1. The van der Waals surface area contributed by atoms with Gasteiger partial charge in [0.25, 0.3) is 0 Å². The molecule has 2 aromatic rings. The highest BCUT2D eigenvalue weighted by Gasteiger charge is 2.35. The second-order valence-electron chi connectivity index (χ2n) is 6.79. The first-order valence-electron chi connectivity index (χ1n) is 9.51. The zero-order valence-electron chi connectivity index (χ0n) is 16.1. The smallest absolute Gasteiger partial charge is 0.227 e. The van der Waals surface area contributed by atoms with Crippen molar-refractivity contribution >= 4 is 17.5 Å². The lowest BCUT2D eigenvalue weighted by molar-refractivity contribution is -0.126. The van der Waals surface area contributed by atoms with Crippen LogP contribution >= 0.6 is 0 Å². The summed E-state index contributed by atoms with van der Waals surface area (Å²) < 4.78 is 10.8. The number of benzene rings is 2. The van der Waals surface area contributed by atoms with Crippen LogP contribution in [0.5, 0.6) is 5.75 Å². The summed E-state index contributed by atoms with van der Waals surface area (Å²) in [6, 6.07) is 17.3. The minimum atomic E-state index is -0.330. The molecule has 1 unspecified atom stereocenters. The molecule has 0 aliphatic carbocycles. The molecular weight excluding hydrogens is 356 g/mol. The van der Waals surface area contributed by atoms with Gasteiger partial charge in [-0.05, 0) is 24.1 Å². The Morgan fingerprint density at radius 1 is 1.18 bits per heavy atom. The van der Waals surface area contributed by atoms with E-state index in [1.165, 1.54) is 0 Å². The van der Waals surface area contributed by atoms with Gasteiger partial charge < -0.3 is 19.7 Å². The summed E-state index contributed by atoms with van der Waals surface area (Å²) in [6.45, 7) is 2.08. The number of amides is 2. The Kier molecular flexibility index (Phi) is 7.03. The summed E-state index contributed by atoms with van der Waals surface area (Å²) in [4.78, 5) is 26.4. The summed E-state index contributed by atoms with van der Waals surface area (Å²) in [5, 5.41) is 2.92. The van der Waals surface area contributed by atoms with Gasteiger partial charge >= 0.3 is 0 Å². The zero-order chi connectivity index (χ0) is 19.8. The molecule has 148 valence electrons. The Labute approximate surface area is 165 Å². The lowest BCUT2D eigenvalue weighted by Gasteiger charge is -2.17. The first-order chi connectivity index (χ1) is 13.7. The number of hydrogen-bond donors (Lipinski definition) is 1. The molecule has 2 amide bonds. The Hall–Kier alpha value is -2.86. The van der Waals surface area contributed by atoms with Crippen molar-refractivity contribution in [3.8, 4) is 5.75 Å². The van der Waals surface area contributed by atoms with E-state index in [0.29, 0.717) is 32.1 Å². The summed E-state index contributed by atoms with van der Waals surface area (Å²) in [7, 11) is 1.59. The van der Waals surface area contributed by atoms with Crippen LogP contribution in [0.25, 0.3) is 0 Å². The van der Waals surface area contributed by atoms with Crippen molar-refractivity contribution < 1.29 is 19.1 Å². The first kappa shape index (κ1) is 19.9. The molecule has 1 saturated heterocycles. The third-order valence-corrected chi connectivity index (χ3v) is 4.74. The molecular formula is C22H26N2O4. The van der Waals surface area contributed by atoms with Crippen LogP contribution in [0.3, 0.4) is 0 Å². The van der Waals surface area contributed by atoms with Crippen LogP contribution in [-0.2, 0) is 20.9 Å². The Morgan fingerprint density at radius 3 is 2.79 bits per heavy atom. The fraction of sp³-hybridized carbons (Fsp3) is 0.364. The normalized spacial score (nSPS) is 16.2. The van der Waals surface area contributed by atoms with Crippen LogP contribution in [0, 0.1) is 5.92 Å². The number of ether oxygens (including phenoxy) is 2. The number of anilines is 1. The third-order valence-electron chi connectivity index (χ3n) is 4.74. The fourth-order valence-corrected chi connectivity index (χ4v) is 3.21. The van der Waals surface area contributed by atoms with Crippen LogP contribution in [0.1, 0.15) is 18.4 Å². The second-order valence-corrected chi connectivity index (χ2v) is 6.79. The Balaban J connectivity index is 1.38. The van der Waals surface area contributed by atoms with Gasteiger partial charge in [0, 0.05) is 37.9 Å². The molecule has 6 nitrogen and oxygen atoms in total. The largest absolute Gasteiger partial charge is 0.497 e. The zero-order valence-corrected chi connectivity index (χ0v) is 16.1. The van der Waals surface area contributed by atoms with Gasteiger partial charge in [0.1, 0.15) is 5.75 Å². The van der Waals surface area contributed by atoms with Gasteiger partial charge in [-0.3, -0.25) is 9.59 Å². The number of methoxy groups -OCH3 is 1. The van der Waals surface area contributed by atoms with Gasteiger partial charge in [0.05, 0.1) is 19.6 Å². The molecule has 1 aliphatic rings. The molecule has 1 N–H and O–H groups in total. The maximum absolute atomic E-state index is 12.4. The number of carbonyl (C=O) groups is 2. The monoisotopic (exact) mass is 382 g/mol. The summed E-state index contributed by atoms with van der Waals surface area (Å²) in [5.74, 6) is 0.235. The Morgan fingerprint density at radius 2 is 2.00 bits per heavy atom. The molecule has 6 heteroatoms. The molecule has 3 rings (SSSR count). The average molecular weight is 382 g/mol. The number of carbonyl (C=O) groups excluding carboxylic acids is 2. The van der Waals surface area contributed by atoms with Crippen molar-refractivity contribution in [1.29, 1.82) is 0 Å². The predicted octanol–water partition coefficient (Wildman–Crippen LogP) is 2.77. The molecule has 1 aliphatic heterocycles. The third kappa shape index (κ3) is 5.33. The van der Waals surface area contributed by atoms with Gasteiger partial charge in [-0.15, -0.1) is 0 Å². The van der Waals surface area contributed by atoms with Gasteiger partial charge in [-0.25, -0.2) is 0 Å². The fourth-order valence-electron chi connectivity index (χ4n) is 3.21. The number of rotatable bonds is 9. The summed E-state index contributed by atoms with van der Waals surface area (Å²) in [6.07, 6.45) is 0.965. The van der Waals surface area contributed by atoms with E-state index in [2.05, 4.69) is 5.32 Å². The molecule has 1 fully saturated rings. The van der Waals surface area contributed by atoms with E-state index in [-0.39, 0.29) is 24.2 Å². The number of hydrogen-bond acceptors (Lipinski definition) is 4. The van der Waals surface area contributed by atoms with E-state index in [0.717, 1.165) is 17.7 Å². The van der Waals surface area contributed by atoms with Crippen LogP contribution in [-0.4, -0.2) is 38.6 Å². The van der Waals surface area contributed by atoms with E-state index >= 15 is 0 Å². The molecule has 0 radical (unpaired) electrons. The van der Waals surface area contributed by atoms with Crippen molar-refractivity contribution in [3.05, 3.63) is 60.2 Å². The maximum atomic E-state index is 12.4. The van der Waals surface area contributed by atoms with Gasteiger partial charge in [0.2, 0.25) is 11.8 Å². The maximum Gasteiger partial charge on any atom is 0.227 e. The molecule has 1 atom stereocenters. The van der Waals surface area contributed by atoms with Crippen LogP contribution in [0.4, 0.5) is 5.69 Å². The minimum absolute atomic E-state index is 0.0420. The summed E-state index contributed by atoms with van der Waals surface area (Å²) >= 11 is 0. The van der Waals surface area contributed by atoms with E-state index < -0.39 is 0 Å². The standard InChI is InChI=1S/C22H26N2O4/c1-27-20-10-5-9-19(14-20)24-15-18(13-21(24)25)22(26)23-11-6-12-28-16-17-7-3-2-4-8-17/h2-5,7-10,14,18H,6,11-13,15-16H2,1H3,(H,23,26). The molecule has 28 heavy (non-hydrogen) atoms. The van der Waals surface area contributed by atoms with Crippen molar-refractivity contribution in [1.82, 2.24) is 5.32 Å². The first-order valence-corrected chi connectivity index (χ1v) is 9.51. The summed E-state index contributed by atoms with van der Waals surface area (Å²) in [5.41, 5.74) is 1.89. The molecule has 0 aromatic heterocycles. The van der Waals surface area contributed by atoms with Gasteiger partial charge in [0.15, 0.2) is 0 Å². The van der Waals surface area contributed by atoms with E-state index in [9.17, 15) is 9.59 Å². The van der Waals surface area contributed by atoms with Crippen LogP contribution in [0.2, 0.25) is 0 Å². The molecule has 1 heterocycles. The average Bonchev–Trinajstić information content (AvgIpc) is 3.13. The molecule has 2 aromatic carbocycles.